The molecule has 0 aliphatic carbocycles. The Balaban J connectivity index is 1.90. The maximum Gasteiger partial charge on any atom is 0.138 e. The van der Waals surface area contributed by atoms with Crippen LogP contribution in [0.3, 0.4) is 0 Å². The maximum absolute atomic E-state index is 5.75. The molecule has 1 heterocycles. The summed E-state index contributed by atoms with van der Waals surface area (Å²) < 4.78 is 1.89. The van der Waals surface area contributed by atoms with Gasteiger partial charge in [0.1, 0.15) is 12.2 Å². The lowest BCUT2D eigenvalue weighted by molar-refractivity contribution is 0.510. The van der Waals surface area contributed by atoms with Gasteiger partial charge in [0.05, 0.1) is 6.04 Å². The van der Waals surface area contributed by atoms with Crippen molar-refractivity contribution in [2.24, 2.45) is 5.84 Å². The molecule has 2 aromatic carbocycles. The zero-order valence-corrected chi connectivity index (χ0v) is 12.0. The van der Waals surface area contributed by atoms with E-state index in [0.29, 0.717) is 6.42 Å². The molecule has 0 radical (unpaired) electrons. The van der Waals surface area contributed by atoms with E-state index in [9.17, 15) is 0 Å². The summed E-state index contributed by atoms with van der Waals surface area (Å²) in [5.41, 5.74) is 4.05. The molecule has 0 saturated heterocycles. The highest BCUT2D eigenvalue weighted by molar-refractivity contribution is 5.83. The van der Waals surface area contributed by atoms with Crippen molar-refractivity contribution in [3.63, 3.8) is 0 Å². The molecule has 0 fully saturated rings. The number of nitrogens with zero attached hydrogens (tertiary/aromatic N) is 3. The summed E-state index contributed by atoms with van der Waals surface area (Å²) in [6.07, 6.45) is 2.30. The van der Waals surface area contributed by atoms with E-state index in [4.69, 9.17) is 5.84 Å². The average Bonchev–Trinajstić information content (AvgIpc) is 2.99. The highest BCUT2D eigenvalue weighted by Crippen LogP contribution is 2.22. The van der Waals surface area contributed by atoms with Crippen LogP contribution >= 0.6 is 0 Å². The molecule has 0 bridgehead atoms. The van der Waals surface area contributed by atoms with Crippen LogP contribution < -0.4 is 11.3 Å². The normalized spacial score (nSPS) is 12.7. The third-order valence-electron chi connectivity index (χ3n) is 3.76. The van der Waals surface area contributed by atoms with Crippen molar-refractivity contribution in [3.8, 4) is 0 Å². The number of rotatable bonds is 5. The number of aromatic nitrogens is 3. The summed E-state index contributed by atoms with van der Waals surface area (Å²) in [6.45, 7) is 2.86. The number of nitrogens with one attached hydrogen (secondary N) is 1. The molecule has 1 aromatic heterocycles. The van der Waals surface area contributed by atoms with E-state index in [0.717, 1.165) is 17.9 Å². The zero-order chi connectivity index (χ0) is 14.7. The Hall–Kier alpha value is -2.24. The number of hydrogen-bond donors (Lipinski definition) is 2. The van der Waals surface area contributed by atoms with Crippen LogP contribution in [0, 0.1) is 0 Å². The molecule has 0 aliphatic rings. The van der Waals surface area contributed by atoms with Crippen molar-refractivity contribution < 1.29 is 0 Å². The van der Waals surface area contributed by atoms with Gasteiger partial charge in [-0.2, -0.15) is 5.10 Å². The van der Waals surface area contributed by atoms with E-state index >= 15 is 0 Å². The molecule has 5 heteroatoms. The molecule has 0 amide bonds. The molecule has 21 heavy (non-hydrogen) atoms. The lowest BCUT2D eigenvalue weighted by Crippen LogP contribution is -2.30. The van der Waals surface area contributed by atoms with Gasteiger partial charge in [-0.1, -0.05) is 36.4 Å². The molecule has 1 atom stereocenters. The van der Waals surface area contributed by atoms with Crippen molar-refractivity contribution in [3.05, 3.63) is 60.2 Å². The van der Waals surface area contributed by atoms with E-state index in [1.54, 1.807) is 6.33 Å². The molecule has 3 rings (SSSR count). The number of nitrogens with two attached hydrogens (primary N) is 1. The van der Waals surface area contributed by atoms with E-state index < -0.39 is 0 Å². The maximum atomic E-state index is 5.75. The van der Waals surface area contributed by atoms with Crippen LogP contribution in [-0.4, -0.2) is 14.8 Å². The predicted molar refractivity (Wildman–Crippen MR) is 83.4 cm³/mol. The SMILES string of the molecule is CCn1ncnc1CC(NN)c1ccc2ccccc2c1. The molecular formula is C16H19N5. The standard InChI is InChI=1S/C16H19N5/c1-2-21-16(18-11-19-21)10-15(20-17)14-8-7-12-5-3-4-6-13(12)9-14/h3-9,11,15,20H,2,10,17H2,1H3. The summed E-state index contributed by atoms with van der Waals surface area (Å²) in [5, 5.41) is 6.65. The van der Waals surface area contributed by atoms with Gasteiger partial charge >= 0.3 is 0 Å². The van der Waals surface area contributed by atoms with Gasteiger partial charge in [0.15, 0.2) is 0 Å². The van der Waals surface area contributed by atoms with E-state index in [1.807, 2.05) is 16.8 Å². The Labute approximate surface area is 123 Å². The third kappa shape index (κ3) is 2.79. The number of aryl methyl sites for hydroxylation is 1. The van der Waals surface area contributed by atoms with Gasteiger partial charge in [-0.05, 0) is 29.3 Å². The van der Waals surface area contributed by atoms with Gasteiger partial charge in [-0.3, -0.25) is 16.0 Å². The summed E-state index contributed by atoms with van der Waals surface area (Å²) in [4.78, 5) is 4.32. The van der Waals surface area contributed by atoms with Crippen LogP contribution in [0.25, 0.3) is 10.8 Å². The van der Waals surface area contributed by atoms with Crippen LogP contribution in [0.4, 0.5) is 0 Å². The van der Waals surface area contributed by atoms with E-state index in [2.05, 4.69) is 52.8 Å². The van der Waals surface area contributed by atoms with Gasteiger partial charge in [0.25, 0.3) is 0 Å². The van der Waals surface area contributed by atoms with E-state index in [-0.39, 0.29) is 6.04 Å². The van der Waals surface area contributed by atoms with Gasteiger partial charge < -0.3 is 0 Å². The first-order valence-corrected chi connectivity index (χ1v) is 7.13. The van der Waals surface area contributed by atoms with Crippen LogP contribution in [-0.2, 0) is 13.0 Å². The molecule has 108 valence electrons. The Kier molecular flexibility index (Phi) is 3.94. The second kappa shape index (κ2) is 6.03. The van der Waals surface area contributed by atoms with E-state index in [1.165, 1.54) is 10.8 Å². The first-order valence-electron chi connectivity index (χ1n) is 7.13. The number of benzene rings is 2. The summed E-state index contributed by atoms with van der Waals surface area (Å²) >= 11 is 0. The van der Waals surface area contributed by atoms with Crippen LogP contribution in [0.5, 0.6) is 0 Å². The highest BCUT2D eigenvalue weighted by Gasteiger charge is 2.14. The first kappa shape index (κ1) is 13.7. The Morgan fingerprint density at radius 1 is 1.19 bits per heavy atom. The van der Waals surface area contributed by atoms with Crippen LogP contribution in [0.15, 0.2) is 48.8 Å². The Morgan fingerprint density at radius 3 is 2.76 bits per heavy atom. The molecule has 5 nitrogen and oxygen atoms in total. The zero-order valence-electron chi connectivity index (χ0n) is 12.0. The first-order chi connectivity index (χ1) is 10.3. The van der Waals surface area contributed by atoms with Crippen molar-refractivity contribution in [2.45, 2.75) is 25.9 Å². The molecule has 3 N–H and O–H groups in total. The van der Waals surface area contributed by atoms with Crippen LogP contribution in [0.1, 0.15) is 24.4 Å². The van der Waals surface area contributed by atoms with Gasteiger partial charge in [-0.25, -0.2) is 4.98 Å². The highest BCUT2D eigenvalue weighted by atomic mass is 15.3. The van der Waals surface area contributed by atoms with Crippen molar-refractivity contribution in [2.75, 3.05) is 0 Å². The Bertz CT molecular complexity index is 734. The minimum Gasteiger partial charge on any atom is -0.271 e. The van der Waals surface area contributed by atoms with Gasteiger partial charge in [0, 0.05) is 13.0 Å². The smallest absolute Gasteiger partial charge is 0.138 e. The van der Waals surface area contributed by atoms with Crippen LogP contribution in [0.2, 0.25) is 0 Å². The second-order valence-electron chi connectivity index (χ2n) is 5.02. The molecule has 3 aromatic rings. The predicted octanol–water partition coefficient (Wildman–Crippen LogP) is 2.20. The molecule has 0 aliphatic heterocycles. The summed E-state index contributed by atoms with van der Waals surface area (Å²) in [6, 6.07) is 14.7. The fourth-order valence-electron chi connectivity index (χ4n) is 2.59. The number of hydrazine groups is 1. The van der Waals surface area contributed by atoms with Crippen molar-refractivity contribution >= 4 is 10.8 Å². The topological polar surface area (TPSA) is 68.8 Å². The van der Waals surface area contributed by atoms with Gasteiger partial charge in [0.2, 0.25) is 0 Å². The second-order valence-corrected chi connectivity index (χ2v) is 5.02. The van der Waals surface area contributed by atoms with Crippen molar-refractivity contribution in [1.82, 2.24) is 20.2 Å². The lowest BCUT2D eigenvalue weighted by atomic mass is 10.00. The number of fused-ring (bicyclic) bond motifs is 1. The fourth-order valence-corrected chi connectivity index (χ4v) is 2.59. The van der Waals surface area contributed by atoms with Gasteiger partial charge in [-0.15, -0.1) is 0 Å². The minimum atomic E-state index is 0.0177. The Morgan fingerprint density at radius 2 is 2.00 bits per heavy atom. The third-order valence-corrected chi connectivity index (χ3v) is 3.76. The summed E-state index contributed by atoms with van der Waals surface area (Å²) in [7, 11) is 0. The van der Waals surface area contributed by atoms with Crippen molar-refractivity contribution in [1.29, 1.82) is 0 Å². The molecule has 1 unspecified atom stereocenters. The largest absolute Gasteiger partial charge is 0.271 e. The average molecular weight is 281 g/mol. The molecule has 0 saturated carbocycles. The summed E-state index contributed by atoms with van der Waals surface area (Å²) in [5.74, 6) is 6.69. The lowest BCUT2D eigenvalue weighted by Gasteiger charge is -2.17. The number of hydrogen-bond acceptors (Lipinski definition) is 4. The minimum absolute atomic E-state index is 0.0177. The molecule has 0 spiro atoms. The quantitative estimate of drug-likeness (QED) is 0.555. The molecular weight excluding hydrogens is 262 g/mol. The fraction of sp³-hybridized carbons (Fsp3) is 0.250. The monoisotopic (exact) mass is 281 g/mol.